The van der Waals surface area contributed by atoms with E-state index in [1.54, 1.807) is 0 Å². The molecule has 142 valence electrons. The molecule has 1 N–H and O–H groups in total. The molecule has 1 aliphatic heterocycles. The van der Waals surface area contributed by atoms with E-state index in [2.05, 4.69) is 22.5 Å². The van der Waals surface area contributed by atoms with Crippen LogP contribution in [0.3, 0.4) is 0 Å². The van der Waals surface area contributed by atoms with Crippen LogP contribution in [-0.4, -0.2) is 15.7 Å². The van der Waals surface area contributed by atoms with Crippen LogP contribution in [0.1, 0.15) is 51.4 Å². The van der Waals surface area contributed by atoms with E-state index >= 15 is 0 Å². The summed E-state index contributed by atoms with van der Waals surface area (Å²) in [5.41, 5.74) is 4.95. The van der Waals surface area contributed by atoms with Gasteiger partial charge in [0.25, 0.3) is 5.91 Å². The fourth-order valence-electron chi connectivity index (χ4n) is 4.05. The van der Waals surface area contributed by atoms with Gasteiger partial charge in [0.1, 0.15) is 6.10 Å². The highest BCUT2D eigenvalue weighted by Gasteiger charge is 2.27. The van der Waals surface area contributed by atoms with Crippen LogP contribution in [0, 0.1) is 0 Å². The van der Waals surface area contributed by atoms with E-state index in [-0.39, 0.29) is 18.1 Å². The standard InChI is InChI=1S/C22H20ClN3O2/c23-16-8-5-15(6-9-16)21-12-26-17(13-28-21)11-20(25-26)22(27)24-19-10-7-14-3-1-2-4-18(14)19/h1-6,8-9,11,19,21H,7,10,12-13H2,(H,24,27)/t19-,21+/m1/s1. The molecule has 0 bridgehead atoms. The van der Waals surface area contributed by atoms with Crippen LogP contribution in [0.4, 0.5) is 0 Å². The highest BCUT2D eigenvalue weighted by atomic mass is 35.5. The highest BCUT2D eigenvalue weighted by molar-refractivity contribution is 6.30. The lowest BCUT2D eigenvalue weighted by molar-refractivity contribution is -0.00119. The number of benzene rings is 2. The molecule has 5 nitrogen and oxygen atoms in total. The van der Waals surface area contributed by atoms with Crippen molar-refractivity contribution in [2.75, 3.05) is 0 Å². The number of hydrogen-bond donors (Lipinski definition) is 1. The summed E-state index contributed by atoms with van der Waals surface area (Å²) in [6.45, 7) is 1.01. The van der Waals surface area contributed by atoms with Crippen LogP contribution in [0.25, 0.3) is 0 Å². The highest BCUT2D eigenvalue weighted by Crippen LogP contribution is 2.31. The van der Waals surface area contributed by atoms with Crippen LogP contribution < -0.4 is 5.32 Å². The molecule has 0 fully saturated rings. The smallest absolute Gasteiger partial charge is 0.272 e. The van der Waals surface area contributed by atoms with E-state index in [1.807, 2.05) is 47.1 Å². The van der Waals surface area contributed by atoms with E-state index in [4.69, 9.17) is 16.3 Å². The van der Waals surface area contributed by atoms with E-state index in [1.165, 1.54) is 11.1 Å². The Hall–Kier alpha value is -2.63. The first kappa shape index (κ1) is 17.5. The summed E-state index contributed by atoms with van der Waals surface area (Å²) in [5, 5.41) is 8.38. The van der Waals surface area contributed by atoms with Crippen molar-refractivity contribution in [3.63, 3.8) is 0 Å². The van der Waals surface area contributed by atoms with E-state index in [9.17, 15) is 4.79 Å². The first-order chi connectivity index (χ1) is 13.7. The fraction of sp³-hybridized carbons (Fsp3) is 0.273. The zero-order valence-corrected chi connectivity index (χ0v) is 16.0. The molecule has 5 rings (SSSR count). The number of amides is 1. The predicted octanol–water partition coefficient (Wildman–Crippen LogP) is 4.23. The minimum atomic E-state index is -0.133. The van der Waals surface area contributed by atoms with Gasteiger partial charge in [-0.05, 0) is 47.7 Å². The second-order valence-electron chi connectivity index (χ2n) is 7.32. The minimum absolute atomic E-state index is 0.0560. The summed E-state index contributed by atoms with van der Waals surface area (Å²) in [7, 11) is 0. The van der Waals surface area contributed by atoms with Crippen molar-refractivity contribution < 1.29 is 9.53 Å². The molecule has 2 aliphatic rings. The summed E-state index contributed by atoms with van der Waals surface area (Å²) in [4.78, 5) is 12.8. The Morgan fingerprint density at radius 2 is 2.00 bits per heavy atom. The molecule has 1 aliphatic carbocycles. The summed E-state index contributed by atoms with van der Waals surface area (Å²) < 4.78 is 7.84. The second kappa shape index (κ2) is 7.08. The molecule has 0 unspecified atom stereocenters. The van der Waals surface area contributed by atoms with Crippen molar-refractivity contribution in [1.82, 2.24) is 15.1 Å². The summed E-state index contributed by atoms with van der Waals surface area (Å²) in [5.74, 6) is -0.133. The molecule has 0 spiro atoms. The molecule has 0 radical (unpaired) electrons. The number of aromatic nitrogens is 2. The molecular weight excluding hydrogens is 374 g/mol. The molecule has 0 saturated heterocycles. The van der Waals surface area contributed by atoms with E-state index in [0.717, 1.165) is 24.1 Å². The molecule has 2 heterocycles. The summed E-state index contributed by atoms with van der Waals surface area (Å²) >= 11 is 5.97. The van der Waals surface area contributed by atoms with Gasteiger partial charge in [-0.3, -0.25) is 9.48 Å². The number of ether oxygens (including phenoxy) is 1. The summed E-state index contributed by atoms with van der Waals surface area (Å²) in [6.07, 6.45) is 1.83. The number of halogens is 1. The van der Waals surface area contributed by atoms with Crippen LogP contribution in [-0.2, 0) is 24.3 Å². The van der Waals surface area contributed by atoms with Gasteiger partial charge in [0.2, 0.25) is 0 Å². The van der Waals surface area contributed by atoms with Crippen molar-refractivity contribution in [2.24, 2.45) is 0 Å². The van der Waals surface area contributed by atoms with Crippen molar-refractivity contribution in [2.45, 2.75) is 38.1 Å². The van der Waals surface area contributed by atoms with Crippen molar-refractivity contribution in [1.29, 1.82) is 0 Å². The molecule has 2 atom stereocenters. The SMILES string of the molecule is O=C(N[C@@H]1CCc2ccccc21)c1cc2n(n1)C[C@@H](c1ccc(Cl)cc1)OC2. The number of nitrogens with zero attached hydrogens (tertiary/aromatic N) is 2. The first-order valence-corrected chi connectivity index (χ1v) is 9.87. The van der Waals surface area contributed by atoms with E-state index in [0.29, 0.717) is 23.9 Å². The van der Waals surface area contributed by atoms with Crippen LogP contribution >= 0.6 is 11.6 Å². The third-order valence-electron chi connectivity index (χ3n) is 5.55. The quantitative estimate of drug-likeness (QED) is 0.724. The molecule has 6 heteroatoms. The maximum absolute atomic E-state index is 12.8. The topological polar surface area (TPSA) is 56.2 Å². The largest absolute Gasteiger partial charge is 0.365 e. The second-order valence-corrected chi connectivity index (χ2v) is 7.75. The number of carbonyl (C=O) groups is 1. The van der Waals surface area contributed by atoms with Gasteiger partial charge >= 0.3 is 0 Å². The molecule has 3 aromatic rings. The zero-order chi connectivity index (χ0) is 19.1. The molecule has 1 aromatic heterocycles. The Kier molecular flexibility index (Phi) is 4.41. The van der Waals surface area contributed by atoms with Crippen molar-refractivity contribution in [3.05, 3.63) is 87.7 Å². The number of nitrogens with one attached hydrogen (secondary N) is 1. The van der Waals surface area contributed by atoms with Crippen LogP contribution in [0.15, 0.2) is 54.6 Å². The minimum Gasteiger partial charge on any atom is -0.365 e. The van der Waals surface area contributed by atoms with Crippen LogP contribution in [0.5, 0.6) is 0 Å². The number of rotatable bonds is 3. The number of aryl methyl sites for hydroxylation is 1. The number of fused-ring (bicyclic) bond motifs is 2. The van der Waals surface area contributed by atoms with Gasteiger partial charge in [-0.25, -0.2) is 0 Å². The lowest BCUT2D eigenvalue weighted by Crippen LogP contribution is -2.27. The predicted molar refractivity (Wildman–Crippen MR) is 106 cm³/mol. The first-order valence-electron chi connectivity index (χ1n) is 9.50. The van der Waals surface area contributed by atoms with Gasteiger partial charge in [0.05, 0.1) is 24.9 Å². The summed E-state index contributed by atoms with van der Waals surface area (Å²) in [6, 6.07) is 17.8. The van der Waals surface area contributed by atoms with Gasteiger partial charge in [-0.1, -0.05) is 48.0 Å². The molecule has 28 heavy (non-hydrogen) atoms. The normalized spacial score (nSPS) is 20.5. The molecule has 1 amide bonds. The molecular formula is C22H20ClN3O2. The maximum Gasteiger partial charge on any atom is 0.272 e. The Labute approximate surface area is 168 Å². The lowest BCUT2D eigenvalue weighted by atomic mass is 10.1. The average Bonchev–Trinajstić information content (AvgIpc) is 3.32. The Balaban J connectivity index is 1.31. The average molecular weight is 394 g/mol. The Morgan fingerprint density at radius 1 is 1.18 bits per heavy atom. The lowest BCUT2D eigenvalue weighted by Gasteiger charge is -2.24. The van der Waals surface area contributed by atoms with Crippen molar-refractivity contribution in [3.8, 4) is 0 Å². The number of carbonyl (C=O) groups excluding carboxylic acids is 1. The van der Waals surface area contributed by atoms with Gasteiger partial charge < -0.3 is 10.1 Å². The third kappa shape index (κ3) is 3.21. The Morgan fingerprint density at radius 3 is 2.86 bits per heavy atom. The molecule has 0 saturated carbocycles. The van der Waals surface area contributed by atoms with Gasteiger partial charge in [0, 0.05) is 5.02 Å². The van der Waals surface area contributed by atoms with Gasteiger partial charge in [-0.15, -0.1) is 0 Å². The van der Waals surface area contributed by atoms with Crippen molar-refractivity contribution >= 4 is 17.5 Å². The fourth-order valence-corrected chi connectivity index (χ4v) is 4.18. The molecule has 2 aromatic carbocycles. The van der Waals surface area contributed by atoms with Gasteiger partial charge in [-0.2, -0.15) is 5.10 Å². The number of hydrogen-bond acceptors (Lipinski definition) is 3. The zero-order valence-electron chi connectivity index (χ0n) is 15.3. The van der Waals surface area contributed by atoms with E-state index < -0.39 is 0 Å². The Bertz CT molecular complexity index is 1030. The van der Waals surface area contributed by atoms with Gasteiger partial charge in [0.15, 0.2) is 5.69 Å². The third-order valence-corrected chi connectivity index (χ3v) is 5.80. The van der Waals surface area contributed by atoms with Crippen LogP contribution in [0.2, 0.25) is 5.02 Å². The maximum atomic E-state index is 12.8. The monoisotopic (exact) mass is 393 g/mol.